The second kappa shape index (κ2) is 8.41. The van der Waals surface area contributed by atoms with Crippen molar-refractivity contribution >= 4 is 17.7 Å². The topological polar surface area (TPSA) is 82.4 Å². The normalized spacial score (nSPS) is 12.3. The van der Waals surface area contributed by atoms with Crippen LogP contribution in [0.3, 0.4) is 0 Å². The van der Waals surface area contributed by atoms with Crippen LogP contribution in [0.25, 0.3) is 5.69 Å². The Hall–Kier alpha value is -3.61. The number of aromatic nitrogens is 2. The molecule has 0 saturated carbocycles. The van der Waals surface area contributed by atoms with E-state index in [2.05, 4.69) is 10.4 Å². The smallest absolute Gasteiger partial charge is 0.411 e. The van der Waals surface area contributed by atoms with Crippen molar-refractivity contribution in [1.82, 2.24) is 9.78 Å². The van der Waals surface area contributed by atoms with Crippen LogP contribution >= 0.6 is 0 Å². The Bertz CT molecular complexity index is 1090. The Morgan fingerprint density at radius 2 is 1.87 bits per heavy atom. The SMILES string of the molecule is CCOC(=O)Nc1ccc(OC(=O)c2nn(-c3ccccc3C)c3c2CCC3)cc1. The van der Waals surface area contributed by atoms with Crippen LogP contribution in [0.4, 0.5) is 10.5 Å². The molecule has 2 aromatic carbocycles. The number of hydrogen-bond donors (Lipinski definition) is 1. The lowest BCUT2D eigenvalue weighted by Crippen LogP contribution is -2.14. The molecule has 1 aromatic heterocycles. The number of carbonyl (C=O) groups is 2. The van der Waals surface area contributed by atoms with Gasteiger partial charge >= 0.3 is 12.1 Å². The summed E-state index contributed by atoms with van der Waals surface area (Å²) in [5.41, 5.74) is 5.02. The molecule has 7 heteroatoms. The Balaban J connectivity index is 1.54. The third-order valence-electron chi connectivity index (χ3n) is 5.05. The van der Waals surface area contributed by atoms with Gasteiger partial charge in [0.25, 0.3) is 0 Å². The van der Waals surface area contributed by atoms with Gasteiger partial charge in [0, 0.05) is 16.9 Å². The summed E-state index contributed by atoms with van der Waals surface area (Å²) >= 11 is 0. The molecule has 4 rings (SSSR count). The highest BCUT2D eigenvalue weighted by Gasteiger charge is 2.28. The maximum atomic E-state index is 12.9. The first-order chi connectivity index (χ1) is 14.6. The fourth-order valence-electron chi connectivity index (χ4n) is 3.65. The number of amides is 1. The number of esters is 1. The average molecular weight is 405 g/mol. The highest BCUT2D eigenvalue weighted by Crippen LogP contribution is 2.29. The Labute approximate surface area is 174 Å². The van der Waals surface area contributed by atoms with Gasteiger partial charge in [-0.1, -0.05) is 18.2 Å². The molecule has 0 aliphatic heterocycles. The molecule has 0 fully saturated rings. The van der Waals surface area contributed by atoms with E-state index in [0.717, 1.165) is 41.8 Å². The molecule has 0 bridgehead atoms. The number of para-hydroxylation sites is 1. The Morgan fingerprint density at radius 1 is 1.10 bits per heavy atom. The van der Waals surface area contributed by atoms with Gasteiger partial charge in [0.2, 0.25) is 0 Å². The number of aryl methyl sites for hydroxylation is 1. The van der Waals surface area contributed by atoms with Crippen LogP contribution in [0, 0.1) is 6.92 Å². The number of rotatable bonds is 5. The van der Waals surface area contributed by atoms with E-state index >= 15 is 0 Å². The highest BCUT2D eigenvalue weighted by atomic mass is 16.5. The molecule has 0 radical (unpaired) electrons. The number of ether oxygens (including phenoxy) is 2. The van der Waals surface area contributed by atoms with Gasteiger partial charge in [-0.2, -0.15) is 5.10 Å². The summed E-state index contributed by atoms with van der Waals surface area (Å²) in [6, 6.07) is 14.5. The van der Waals surface area contributed by atoms with Crippen molar-refractivity contribution in [2.75, 3.05) is 11.9 Å². The lowest BCUT2D eigenvalue weighted by atomic mass is 10.2. The third kappa shape index (κ3) is 3.91. The summed E-state index contributed by atoms with van der Waals surface area (Å²) in [4.78, 5) is 24.3. The third-order valence-corrected chi connectivity index (χ3v) is 5.05. The average Bonchev–Trinajstić information content (AvgIpc) is 3.33. The van der Waals surface area contributed by atoms with Gasteiger partial charge < -0.3 is 9.47 Å². The monoisotopic (exact) mass is 405 g/mol. The van der Waals surface area contributed by atoms with Crippen molar-refractivity contribution in [1.29, 1.82) is 0 Å². The standard InChI is InChI=1S/C23H23N3O4/c1-3-29-23(28)24-16-11-13-17(14-12-16)30-22(27)21-18-8-6-10-20(18)26(25-21)19-9-5-4-7-15(19)2/h4-5,7,9,11-14H,3,6,8,10H2,1-2H3,(H,24,28). The quantitative estimate of drug-likeness (QED) is 0.501. The van der Waals surface area contributed by atoms with E-state index in [0.29, 0.717) is 23.7 Å². The largest absolute Gasteiger partial charge is 0.450 e. The summed E-state index contributed by atoms with van der Waals surface area (Å²) in [6.07, 6.45) is 2.17. The van der Waals surface area contributed by atoms with Crippen molar-refractivity contribution in [2.45, 2.75) is 33.1 Å². The van der Waals surface area contributed by atoms with Gasteiger partial charge in [-0.25, -0.2) is 14.3 Å². The zero-order valence-electron chi connectivity index (χ0n) is 17.0. The molecule has 7 nitrogen and oxygen atoms in total. The first-order valence-electron chi connectivity index (χ1n) is 9.99. The predicted molar refractivity (Wildman–Crippen MR) is 112 cm³/mol. The number of benzene rings is 2. The molecular formula is C23H23N3O4. The maximum absolute atomic E-state index is 12.9. The van der Waals surface area contributed by atoms with E-state index in [1.54, 1.807) is 31.2 Å². The first-order valence-corrected chi connectivity index (χ1v) is 9.99. The van der Waals surface area contributed by atoms with Crippen LogP contribution in [-0.2, 0) is 17.6 Å². The molecule has 0 unspecified atom stereocenters. The minimum atomic E-state index is -0.528. The van der Waals surface area contributed by atoms with Crippen LogP contribution in [0.2, 0.25) is 0 Å². The fraction of sp³-hybridized carbons (Fsp3) is 0.261. The van der Waals surface area contributed by atoms with Gasteiger partial charge in [-0.05, 0) is 69.0 Å². The van der Waals surface area contributed by atoms with Crippen LogP contribution < -0.4 is 10.1 Å². The van der Waals surface area contributed by atoms with Gasteiger partial charge in [0.1, 0.15) is 5.75 Å². The summed E-state index contributed by atoms with van der Waals surface area (Å²) in [6.45, 7) is 4.06. The molecule has 0 spiro atoms. The maximum Gasteiger partial charge on any atom is 0.411 e. The fourth-order valence-corrected chi connectivity index (χ4v) is 3.65. The molecular weight excluding hydrogens is 382 g/mol. The Kier molecular flexibility index (Phi) is 5.52. The van der Waals surface area contributed by atoms with Crippen LogP contribution in [0.15, 0.2) is 48.5 Å². The number of hydrogen-bond acceptors (Lipinski definition) is 5. The van der Waals surface area contributed by atoms with Crippen LogP contribution in [-0.4, -0.2) is 28.4 Å². The summed E-state index contributed by atoms with van der Waals surface area (Å²) < 4.78 is 12.3. The van der Waals surface area contributed by atoms with E-state index in [9.17, 15) is 9.59 Å². The molecule has 1 N–H and O–H groups in total. The second-order valence-electron chi connectivity index (χ2n) is 7.09. The molecule has 30 heavy (non-hydrogen) atoms. The molecule has 1 aliphatic carbocycles. The summed E-state index contributed by atoms with van der Waals surface area (Å²) in [5, 5.41) is 7.20. The minimum Gasteiger partial charge on any atom is -0.450 e. The molecule has 154 valence electrons. The van der Waals surface area contributed by atoms with Crippen molar-refractivity contribution < 1.29 is 19.1 Å². The second-order valence-corrected chi connectivity index (χ2v) is 7.09. The van der Waals surface area contributed by atoms with Gasteiger partial charge in [0.05, 0.1) is 12.3 Å². The lowest BCUT2D eigenvalue weighted by Gasteiger charge is -2.08. The molecule has 1 aliphatic rings. The van der Waals surface area contributed by atoms with E-state index < -0.39 is 12.1 Å². The van der Waals surface area contributed by atoms with E-state index in [1.807, 2.05) is 35.9 Å². The molecule has 1 heterocycles. The van der Waals surface area contributed by atoms with Gasteiger partial charge in [0.15, 0.2) is 5.69 Å². The summed E-state index contributed by atoms with van der Waals surface area (Å²) in [5.74, 6) is -0.0989. The van der Waals surface area contributed by atoms with E-state index in [4.69, 9.17) is 9.47 Å². The number of nitrogens with one attached hydrogen (secondary N) is 1. The van der Waals surface area contributed by atoms with Crippen molar-refractivity contribution in [3.8, 4) is 11.4 Å². The van der Waals surface area contributed by atoms with Crippen LogP contribution in [0.5, 0.6) is 5.75 Å². The highest BCUT2D eigenvalue weighted by molar-refractivity contribution is 5.91. The molecule has 0 saturated heterocycles. The Morgan fingerprint density at radius 3 is 2.60 bits per heavy atom. The number of nitrogens with zero attached hydrogens (tertiary/aromatic N) is 2. The van der Waals surface area contributed by atoms with Crippen molar-refractivity contribution in [3.63, 3.8) is 0 Å². The molecule has 0 atom stereocenters. The molecule has 3 aromatic rings. The predicted octanol–water partition coefficient (Wildman–Crippen LogP) is 4.46. The minimum absolute atomic E-state index is 0.293. The van der Waals surface area contributed by atoms with Gasteiger partial charge in [-0.3, -0.25) is 5.32 Å². The van der Waals surface area contributed by atoms with E-state index in [-0.39, 0.29) is 0 Å². The zero-order valence-corrected chi connectivity index (χ0v) is 17.0. The number of carbonyl (C=O) groups excluding carboxylic acids is 2. The van der Waals surface area contributed by atoms with Gasteiger partial charge in [-0.15, -0.1) is 0 Å². The zero-order chi connectivity index (χ0) is 21.1. The summed E-state index contributed by atoms with van der Waals surface area (Å²) in [7, 11) is 0. The van der Waals surface area contributed by atoms with E-state index in [1.165, 1.54) is 0 Å². The molecule has 1 amide bonds. The number of anilines is 1. The van der Waals surface area contributed by atoms with Crippen LogP contribution in [0.1, 0.15) is 40.7 Å². The van der Waals surface area contributed by atoms with Crippen molar-refractivity contribution in [2.24, 2.45) is 0 Å². The first kappa shape index (κ1) is 19.7. The number of fused-ring (bicyclic) bond motifs is 1. The lowest BCUT2D eigenvalue weighted by molar-refractivity contribution is 0.0727. The van der Waals surface area contributed by atoms with Crippen molar-refractivity contribution in [3.05, 3.63) is 71.0 Å².